The van der Waals surface area contributed by atoms with Crippen molar-refractivity contribution in [3.05, 3.63) is 121 Å². The second kappa shape index (κ2) is 8.29. The molecule has 2 heteroatoms. The molecule has 0 saturated heterocycles. The van der Waals surface area contributed by atoms with Crippen LogP contribution in [0.15, 0.2) is 121 Å². The summed E-state index contributed by atoms with van der Waals surface area (Å²) in [6, 6.07) is 40.5. The Hall–Kier alpha value is -4.17. The van der Waals surface area contributed by atoms with Crippen LogP contribution >= 0.6 is 0 Å². The second-order valence-electron chi connectivity index (χ2n) is 7.42. The molecule has 0 spiro atoms. The predicted octanol–water partition coefficient (Wildman–Crippen LogP) is 7.46. The molecule has 1 heterocycles. The van der Waals surface area contributed by atoms with Gasteiger partial charge in [0.05, 0.1) is 11.4 Å². The molecule has 0 atom stereocenters. The van der Waals surface area contributed by atoms with Crippen molar-refractivity contribution in [2.24, 2.45) is 0 Å². The Labute approximate surface area is 182 Å². The van der Waals surface area contributed by atoms with Gasteiger partial charge < -0.3 is 5.11 Å². The fourth-order valence-electron chi connectivity index (χ4n) is 3.87. The summed E-state index contributed by atoms with van der Waals surface area (Å²) in [6.45, 7) is 0. The van der Waals surface area contributed by atoms with Gasteiger partial charge in [-0.15, -0.1) is 0 Å². The fourth-order valence-corrected chi connectivity index (χ4v) is 3.87. The minimum absolute atomic E-state index is 0.247. The Balaban J connectivity index is 1.86. The molecule has 2 nitrogen and oxygen atoms in total. The van der Waals surface area contributed by atoms with E-state index in [1.54, 1.807) is 12.1 Å². The summed E-state index contributed by atoms with van der Waals surface area (Å²) in [5, 5.41) is 9.74. The summed E-state index contributed by atoms with van der Waals surface area (Å²) in [5.41, 5.74) is 8.36. The third-order valence-electron chi connectivity index (χ3n) is 5.38. The van der Waals surface area contributed by atoms with E-state index in [1.807, 2.05) is 42.5 Å². The van der Waals surface area contributed by atoms with Gasteiger partial charge in [-0.2, -0.15) is 0 Å². The van der Waals surface area contributed by atoms with Gasteiger partial charge in [0.1, 0.15) is 5.75 Å². The lowest BCUT2D eigenvalue weighted by molar-refractivity contribution is 0.475. The number of phenolic OH excluding ortho intramolecular Hbond substituents is 1. The Morgan fingerprint density at radius 3 is 1.58 bits per heavy atom. The molecule has 5 aromatic rings. The lowest BCUT2D eigenvalue weighted by Gasteiger charge is -2.18. The Morgan fingerprint density at radius 1 is 0.484 bits per heavy atom. The minimum atomic E-state index is 0.247. The number of phenols is 1. The Bertz CT molecular complexity index is 1240. The maximum absolute atomic E-state index is 9.74. The van der Waals surface area contributed by atoms with Crippen LogP contribution in [0.2, 0.25) is 0 Å². The average Bonchev–Trinajstić information content (AvgIpc) is 2.85. The summed E-state index contributed by atoms with van der Waals surface area (Å²) in [7, 11) is 0. The third-order valence-corrected chi connectivity index (χ3v) is 5.38. The SMILES string of the molecule is Oc1ccc(-c2cc(-c3ccccc3)c(-c3ccccc3)c(-c3ccccc3)n2)cc1. The van der Waals surface area contributed by atoms with Crippen LogP contribution in [-0.2, 0) is 0 Å². The molecule has 0 saturated carbocycles. The van der Waals surface area contributed by atoms with Crippen LogP contribution in [0.4, 0.5) is 0 Å². The summed E-state index contributed by atoms with van der Waals surface area (Å²) in [6.07, 6.45) is 0. The molecule has 148 valence electrons. The van der Waals surface area contributed by atoms with Crippen molar-refractivity contribution in [3.8, 4) is 50.5 Å². The van der Waals surface area contributed by atoms with Crippen LogP contribution in [0, 0.1) is 0 Å². The number of aromatic nitrogens is 1. The number of pyridine rings is 1. The summed E-state index contributed by atoms with van der Waals surface area (Å²) in [5.74, 6) is 0.247. The van der Waals surface area contributed by atoms with Gasteiger partial charge in [-0.1, -0.05) is 91.0 Å². The second-order valence-corrected chi connectivity index (χ2v) is 7.42. The molecular formula is C29H21NO. The topological polar surface area (TPSA) is 33.1 Å². The van der Waals surface area contributed by atoms with Crippen LogP contribution in [0.5, 0.6) is 5.75 Å². The van der Waals surface area contributed by atoms with Crippen molar-refractivity contribution in [1.29, 1.82) is 0 Å². The lowest BCUT2D eigenvalue weighted by Crippen LogP contribution is -1.96. The number of benzene rings is 4. The fraction of sp³-hybridized carbons (Fsp3) is 0. The highest BCUT2D eigenvalue weighted by Gasteiger charge is 2.18. The van der Waals surface area contributed by atoms with E-state index in [0.717, 1.165) is 44.8 Å². The normalized spacial score (nSPS) is 10.7. The highest BCUT2D eigenvalue weighted by molar-refractivity contribution is 5.94. The quantitative estimate of drug-likeness (QED) is 0.340. The van der Waals surface area contributed by atoms with Crippen molar-refractivity contribution in [2.45, 2.75) is 0 Å². The molecular weight excluding hydrogens is 378 g/mol. The zero-order chi connectivity index (χ0) is 21.0. The standard InChI is InChI=1S/C29H21NO/c31-25-18-16-22(17-19-25)27-20-26(21-10-4-1-5-11-21)28(23-12-6-2-7-13-23)29(30-27)24-14-8-3-9-15-24/h1-20,31H. The first kappa shape index (κ1) is 18.8. The Kier molecular flexibility index (Phi) is 5.04. The van der Waals surface area contributed by atoms with Gasteiger partial charge in [0, 0.05) is 16.7 Å². The van der Waals surface area contributed by atoms with Crippen LogP contribution in [-0.4, -0.2) is 10.1 Å². The van der Waals surface area contributed by atoms with Gasteiger partial charge in [0.15, 0.2) is 0 Å². The number of nitrogens with zero attached hydrogens (tertiary/aromatic N) is 1. The largest absolute Gasteiger partial charge is 0.508 e. The van der Waals surface area contributed by atoms with E-state index in [1.165, 1.54) is 0 Å². The molecule has 5 rings (SSSR count). The van der Waals surface area contributed by atoms with E-state index in [9.17, 15) is 5.11 Å². The number of hydrogen-bond donors (Lipinski definition) is 1. The molecule has 1 N–H and O–H groups in total. The van der Waals surface area contributed by atoms with Crippen LogP contribution < -0.4 is 0 Å². The predicted molar refractivity (Wildman–Crippen MR) is 128 cm³/mol. The van der Waals surface area contributed by atoms with Crippen LogP contribution in [0.3, 0.4) is 0 Å². The van der Waals surface area contributed by atoms with E-state index in [2.05, 4.69) is 66.7 Å². The first-order chi connectivity index (χ1) is 15.3. The maximum atomic E-state index is 9.74. The average molecular weight is 399 g/mol. The summed E-state index contributed by atoms with van der Waals surface area (Å²) < 4.78 is 0. The van der Waals surface area contributed by atoms with Gasteiger partial charge in [-0.3, -0.25) is 0 Å². The van der Waals surface area contributed by atoms with Crippen molar-refractivity contribution in [2.75, 3.05) is 0 Å². The molecule has 0 radical (unpaired) electrons. The molecule has 0 aliphatic carbocycles. The van der Waals surface area contributed by atoms with Crippen LogP contribution in [0.25, 0.3) is 44.8 Å². The lowest BCUT2D eigenvalue weighted by atomic mass is 9.89. The van der Waals surface area contributed by atoms with Gasteiger partial charge in [0.2, 0.25) is 0 Å². The molecule has 0 aliphatic rings. The van der Waals surface area contributed by atoms with E-state index in [4.69, 9.17) is 4.98 Å². The number of rotatable bonds is 4. The van der Waals surface area contributed by atoms with E-state index in [0.29, 0.717) is 0 Å². The first-order valence-electron chi connectivity index (χ1n) is 10.3. The third kappa shape index (κ3) is 3.84. The minimum Gasteiger partial charge on any atom is -0.508 e. The van der Waals surface area contributed by atoms with Gasteiger partial charge in [0.25, 0.3) is 0 Å². The van der Waals surface area contributed by atoms with Crippen molar-refractivity contribution >= 4 is 0 Å². The molecule has 0 bridgehead atoms. The highest BCUT2D eigenvalue weighted by Crippen LogP contribution is 2.41. The van der Waals surface area contributed by atoms with Crippen molar-refractivity contribution < 1.29 is 5.11 Å². The molecule has 1 aromatic heterocycles. The molecule has 31 heavy (non-hydrogen) atoms. The molecule has 0 amide bonds. The van der Waals surface area contributed by atoms with Gasteiger partial charge in [-0.05, 0) is 47.0 Å². The molecule has 0 fully saturated rings. The van der Waals surface area contributed by atoms with E-state index >= 15 is 0 Å². The maximum Gasteiger partial charge on any atom is 0.115 e. The van der Waals surface area contributed by atoms with E-state index in [-0.39, 0.29) is 5.75 Å². The van der Waals surface area contributed by atoms with E-state index < -0.39 is 0 Å². The number of hydrogen-bond acceptors (Lipinski definition) is 2. The van der Waals surface area contributed by atoms with Crippen LogP contribution in [0.1, 0.15) is 0 Å². The zero-order valence-electron chi connectivity index (χ0n) is 16.9. The Morgan fingerprint density at radius 2 is 1.00 bits per heavy atom. The molecule has 0 unspecified atom stereocenters. The van der Waals surface area contributed by atoms with Crippen molar-refractivity contribution in [3.63, 3.8) is 0 Å². The molecule has 4 aromatic carbocycles. The van der Waals surface area contributed by atoms with Crippen molar-refractivity contribution in [1.82, 2.24) is 4.98 Å². The highest BCUT2D eigenvalue weighted by atomic mass is 16.3. The zero-order valence-corrected chi connectivity index (χ0v) is 16.9. The molecule has 0 aliphatic heterocycles. The summed E-state index contributed by atoms with van der Waals surface area (Å²) >= 11 is 0. The summed E-state index contributed by atoms with van der Waals surface area (Å²) in [4.78, 5) is 5.12. The monoisotopic (exact) mass is 399 g/mol. The van der Waals surface area contributed by atoms with Gasteiger partial charge in [-0.25, -0.2) is 4.98 Å². The number of aromatic hydroxyl groups is 1. The smallest absolute Gasteiger partial charge is 0.115 e. The first-order valence-corrected chi connectivity index (χ1v) is 10.3. The van der Waals surface area contributed by atoms with Gasteiger partial charge >= 0.3 is 0 Å².